The first-order chi connectivity index (χ1) is 12.1. The largest absolute Gasteiger partial charge is 0.494 e. The minimum Gasteiger partial charge on any atom is -0.494 e. The molecule has 1 aromatic carbocycles. The molecule has 0 spiro atoms. The molecule has 0 fully saturated rings. The Morgan fingerprint density at radius 1 is 1.40 bits per heavy atom. The summed E-state index contributed by atoms with van der Waals surface area (Å²) in [5, 5.41) is 14.3. The molecule has 2 heterocycles. The first kappa shape index (κ1) is 16.8. The molecule has 25 heavy (non-hydrogen) atoms. The predicted molar refractivity (Wildman–Crippen MR) is 94.1 cm³/mol. The lowest BCUT2D eigenvalue weighted by atomic mass is 10.1. The second-order valence-corrected chi connectivity index (χ2v) is 5.97. The fraction of sp³-hybridized carbons (Fsp3) is 0.278. The summed E-state index contributed by atoms with van der Waals surface area (Å²) in [5.41, 5.74) is 3.21. The molecule has 0 saturated heterocycles. The van der Waals surface area contributed by atoms with Crippen LogP contribution in [0.25, 0.3) is 5.69 Å². The summed E-state index contributed by atoms with van der Waals surface area (Å²) in [6.45, 7) is 3.90. The zero-order valence-electron chi connectivity index (χ0n) is 14.5. The molecule has 0 aliphatic heterocycles. The molecule has 2 aromatic heterocycles. The van der Waals surface area contributed by atoms with E-state index in [1.54, 1.807) is 24.2 Å². The molecule has 0 aliphatic rings. The first-order valence-electron chi connectivity index (χ1n) is 8.06. The number of H-pyrrole nitrogens is 1. The molecule has 130 valence electrons. The molecule has 7 nitrogen and oxygen atoms in total. The molecule has 7 heteroatoms. The van der Waals surface area contributed by atoms with Crippen molar-refractivity contribution in [2.24, 2.45) is 0 Å². The van der Waals surface area contributed by atoms with Crippen molar-refractivity contribution >= 4 is 5.91 Å². The molecule has 2 N–H and O–H groups in total. The molecule has 3 aromatic rings. The van der Waals surface area contributed by atoms with Crippen LogP contribution in [0.5, 0.6) is 5.75 Å². The van der Waals surface area contributed by atoms with E-state index < -0.39 is 0 Å². The number of methoxy groups -OCH3 is 1. The number of para-hydroxylation sites is 2. The number of ether oxygens (including phenoxy) is 1. The lowest BCUT2D eigenvalue weighted by molar-refractivity contribution is 0.0940. The molecule has 0 saturated carbocycles. The van der Waals surface area contributed by atoms with E-state index in [9.17, 15) is 4.79 Å². The maximum absolute atomic E-state index is 12.4. The van der Waals surface area contributed by atoms with E-state index >= 15 is 0 Å². The van der Waals surface area contributed by atoms with Crippen molar-refractivity contribution in [3.63, 3.8) is 0 Å². The van der Waals surface area contributed by atoms with Crippen molar-refractivity contribution in [3.05, 3.63) is 59.7 Å². The number of nitrogens with zero attached hydrogens (tertiary/aromatic N) is 3. The maximum atomic E-state index is 12.4. The number of rotatable bonds is 6. The van der Waals surface area contributed by atoms with Gasteiger partial charge < -0.3 is 10.1 Å². The number of carbonyl (C=O) groups excluding carboxylic acids is 1. The minimum absolute atomic E-state index is 0.0372. The number of hydrogen-bond donors (Lipinski definition) is 2. The number of amides is 1. The van der Waals surface area contributed by atoms with Crippen LogP contribution >= 0.6 is 0 Å². The van der Waals surface area contributed by atoms with Gasteiger partial charge in [-0.1, -0.05) is 12.1 Å². The number of benzene rings is 1. The van der Waals surface area contributed by atoms with Crippen LogP contribution in [0, 0.1) is 6.92 Å². The van der Waals surface area contributed by atoms with Gasteiger partial charge in [-0.05, 0) is 32.0 Å². The fourth-order valence-corrected chi connectivity index (χ4v) is 2.64. The van der Waals surface area contributed by atoms with Gasteiger partial charge in [-0.3, -0.25) is 9.89 Å². The molecule has 1 amide bonds. The summed E-state index contributed by atoms with van der Waals surface area (Å²) in [6.07, 6.45) is 3.91. The van der Waals surface area contributed by atoms with Crippen LogP contribution < -0.4 is 10.1 Å². The van der Waals surface area contributed by atoms with Gasteiger partial charge >= 0.3 is 0 Å². The summed E-state index contributed by atoms with van der Waals surface area (Å²) in [6, 6.07) is 9.46. The van der Waals surface area contributed by atoms with Gasteiger partial charge in [0.05, 0.1) is 24.6 Å². The van der Waals surface area contributed by atoms with Crippen molar-refractivity contribution < 1.29 is 9.53 Å². The van der Waals surface area contributed by atoms with Gasteiger partial charge in [0.1, 0.15) is 11.4 Å². The third-order valence-electron chi connectivity index (χ3n) is 3.83. The van der Waals surface area contributed by atoms with Gasteiger partial charge in [-0.2, -0.15) is 10.2 Å². The smallest absolute Gasteiger partial charge is 0.254 e. The summed E-state index contributed by atoms with van der Waals surface area (Å²) in [4.78, 5) is 12.4. The minimum atomic E-state index is -0.166. The van der Waals surface area contributed by atoms with Crippen molar-refractivity contribution in [2.75, 3.05) is 7.11 Å². The molecular formula is C18H21N5O2. The zero-order chi connectivity index (χ0) is 17.8. The molecule has 0 unspecified atom stereocenters. The Labute approximate surface area is 146 Å². The third-order valence-corrected chi connectivity index (χ3v) is 3.83. The van der Waals surface area contributed by atoms with Crippen LogP contribution in [0.4, 0.5) is 0 Å². The highest BCUT2D eigenvalue weighted by atomic mass is 16.5. The highest BCUT2D eigenvalue weighted by molar-refractivity contribution is 5.94. The van der Waals surface area contributed by atoms with Crippen molar-refractivity contribution in [1.29, 1.82) is 0 Å². The van der Waals surface area contributed by atoms with Crippen LogP contribution in [0.1, 0.15) is 28.7 Å². The quantitative estimate of drug-likeness (QED) is 0.721. The van der Waals surface area contributed by atoms with Crippen LogP contribution in [-0.4, -0.2) is 39.0 Å². The molecule has 0 bridgehead atoms. The van der Waals surface area contributed by atoms with E-state index in [-0.39, 0.29) is 11.9 Å². The van der Waals surface area contributed by atoms with Crippen molar-refractivity contribution in [2.45, 2.75) is 26.3 Å². The van der Waals surface area contributed by atoms with Crippen LogP contribution in [0.3, 0.4) is 0 Å². The van der Waals surface area contributed by atoms with Gasteiger partial charge in [-0.15, -0.1) is 0 Å². The standard InChI is InChI=1S/C18H21N5O2/c1-12(8-15-9-13(2)21-22-15)20-18(24)14-10-19-23(11-14)16-6-4-5-7-17(16)25-3/h4-7,9-12H,8H2,1-3H3,(H,20,24)(H,21,22)/t12-/m1/s1. The van der Waals surface area contributed by atoms with Gasteiger partial charge in [0.2, 0.25) is 0 Å². The van der Waals surface area contributed by atoms with E-state index in [0.29, 0.717) is 17.7 Å². The highest BCUT2D eigenvalue weighted by Gasteiger charge is 2.15. The topological polar surface area (TPSA) is 84.8 Å². The van der Waals surface area contributed by atoms with Crippen molar-refractivity contribution in [1.82, 2.24) is 25.3 Å². The number of nitrogens with one attached hydrogen (secondary N) is 2. The van der Waals surface area contributed by atoms with Gasteiger partial charge in [-0.25, -0.2) is 4.68 Å². The Balaban J connectivity index is 1.68. The van der Waals surface area contributed by atoms with E-state index in [1.807, 2.05) is 44.2 Å². The highest BCUT2D eigenvalue weighted by Crippen LogP contribution is 2.21. The molecule has 0 radical (unpaired) electrons. The normalized spacial score (nSPS) is 12.0. The molecular weight excluding hydrogens is 318 g/mol. The number of carbonyl (C=O) groups is 1. The molecule has 0 aliphatic carbocycles. The van der Waals surface area contributed by atoms with E-state index in [1.165, 1.54) is 0 Å². The monoisotopic (exact) mass is 339 g/mol. The SMILES string of the molecule is COc1ccccc1-n1cc(C(=O)N[C@H](C)Cc2cc(C)[nH]n2)cn1. The Morgan fingerprint density at radius 3 is 2.92 bits per heavy atom. The number of aromatic nitrogens is 4. The third kappa shape index (κ3) is 3.88. The second kappa shape index (κ2) is 7.21. The number of aryl methyl sites for hydroxylation is 1. The Kier molecular flexibility index (Phi) is 4.83. The zero-order valence-corrected chi connectivity index (χ0v) is 14.5. The van der Waals surface area contributed by atoms with Gasteiger partial charge in [0.15, 0.2) is 0 Å². The average molecular weight is 339 g/mol. The summed E-state index contributed by atoms with van der Waals surface area (Å²) in [5.74, 6) is 0.528. The summed E-state index contributed by atoms with van der Waals surface area (Å²) >= 11 is 0. The van der Waals surface area contributed by atoms with E-state index in [2.05, 4.69) is 20.6 Å². The Bertz CT molecular complexity index is 868. The molecule has 1 atom stereocenters. The van der Waals surface area contributed by atoms with Gasteiger partial charge in [0.25, 0.3) is 5.91 Å². The van der Waals surface area contributed by atoms with Crippen LogP contribution in [0.15, 0.2) is 42.7 Å². The second-order valence-electron chi connectivity index (χ2n) is 5.97. The van der Waals surface area contributed by atoms with E-state index in [4.69, 9.17) is 4.74 Å². The first-order valence-corrected chi connectivity index (χ1v) is 8.06. The molecule has 3 rings (SSSR count). The average Bonchev–Trinajstić information content (AvgIpc) is 3.24. The van der Waals surface area contributed by atoms with E-state index in [0.717, 1.165) is 17.1 Å². The maximum Gasteiger partial charge on any atom is 0.254 e. The van der Waals surface area contributed by atoms with Crippen LogP contribution in [0.2, 0.25) is 0 Å². The van der Waals surface area contributed by atoms with Gasteiger partial charge in [0, 0.05) is 24.4 Å². The predicted octanol–water partition coefficient (Wildman–Crippen LogP) is 2.27. The van der Waals surface area contributed by atoms with Crippen molar-refractivity contribution in [3.8, 4) is 11.4 Å². The van der Waals surface area contributed by atoms with Crippen LogP contribution in [-0.2, 0) is 6.42 Å². The Morgan fingerprint density at radius 2 is 2.20 bits per heavy atom. The Hall–Kier alpha value is -3.09. The fourth-order valence-electron chi connectivity index (χ4n) is 2.64. The lowest BCUT2D eigenvalue weighted by Gasteiger charge is -2.11. The number of aromatic amines is 1. The summed E-state index contributed by atoms with van der Waals surface area (Å²) < 4.78 is 6.97. The lowest BCUT2D eigenvalue weighted by Crippen LogP contribution is -2.34. The summed E-state index contributed by atoms with van der Waals surface area (Å²) in [7, 11) is 1.61. The number of hydrogen-bond acceptors (Lipinski definition) is 4.